The van der Waals surface area contributed by atoms with Crippen LogP contribution in [-0.4, -0.2) is 28.3 Å². The molecule has 0 aliphatic heterocycles. The Morgan fingerprint density at radius 1 is 1.45 bits per heavy atom. The number of carbonyl (C=O) groups is 1. The maximum atomic E-state index is 13.0. The Hall–Kier alpha value is -1.47. The second-order valence-electron chi connectivity index (χ2n) is 4.02. The van der Waals surface area contributed by atoms with Crippen LogP contribution in [0.3, 0.4) is 0 Å². The second kappa shape index (κ2) is 7.35. The average molecular weight is 311 g/mol. The van der Waals surface area contributed by atoms with Gasteiger partial charge >= 0.3 is 0 Å². The molecule has 106 valence electrons. The van der Waals surface area contributed by atoms with Crippen LogP contribution >= 0.6 is 23.1 Å². The lowest BCUT2D eigenvalue weighted by molar-refractivity contribution is 0.102. The molecule has 0 fully saturated rings. The maximum absolute atomic E-state index is 13.0. The number of nitrogens with one attached hydrogen (secondary N) is 1. The highest BCUT2D eigenvalue weighted by molar-refractivity contribution is 8.01. The first-order valence-corrected chi connectivity index (χ1v) is 7.98. The van der Waals surface area contributed by atoms with Gasteiger partial charge in [0.1, 0.15) is 5.82 Å². The summed E-state index contributed by atoms with van der Waals surface area (Å²) < 4.78 is 13.8. The van der Waals surface area contributed by atoms with Gasteiger partial charge in [-0.1, -0.05) is 42.2 Å². The largest absolute Gasteiger partial charge is 0.360 e. The van der Waals surface area contributed by atoms with Crippen molar-refractivity contribution in [1.82, 2.24) is 10.2 Å². The van der Waals surface area contributed by atoms with E-state index < -0.39 is 5.82 Å². The zero-order valence-electron chi connectivity index (χ0n) is 10.9. The summed E-state index contributed by atoms with van der Waals surface area (Å²) in [7, 11) is 0. The number of hydrogen-bond acceptors (Lipinski definition) is 6. The van der Waals surface area contributed by atoms with Gasteiger partial charge in [-0.3, -0.25) is 4.79 Å². The molecule has 0 bridgehead atoms. The van der Waals surface area contributed by atoms with Crippen molar-refractivity contribution in [3.05, 3.63) is 35.6 Å². The van der Waals surface area contributed by atoms with E-state index in [1.54, 1.807) is 6.07 Å². The summed E-state index contributed by atoms with van der Waals surface area (Å²) in [6.45, 7) is 2.92. The van der Waals surface area contributed by atoms with Crippen molar-refractivity contribution in [2.24, 2.45) is 0 Å². The number of anilines is 1. The van der Waals surface area contributed by atoms with Crippen LogP contribution in [0, 0.1) is 5.82 Å². The number of halogens is 1. The van der Waals surface area contributed by atoms with E-state index >= 15 is 0 Å². The topological polar surface area (TPSA) is 54.9 Å². The van der Waals surface area contributed by atoms with Crippen LogP contribution in [0.1, 0.15) is 23.7 Å². The van der Waals surface area contributed by atoms with Gasteiger partial charge in [-0.2, -0.15) is 0 Å². The molecule has 2 rings (SSSR count). The Kier molecular flexibility index (Phi) is 5.49. The van der Waals surface area contributed by atoms with Crippen molar-refractivity contribution in [1.29, 1.82) is 0 Å². The molecule has 0 aliphatic rings. The Balaban J connectivity index is 1.88. The van der Waals surface area contributed by atoms with Gasteiger partial charge in [0, 0.05) is 12.1 Å². The second-order valence-corrected chi connectivity index (χ2v) is 6.22. The summed E-state index contributed by atoms with van der Waals surface area (Å²) in [5.41, 5.74) is 0.381. The van der Waals surface area contributed by atoms with Crippen molar-refractivity contribution in [2.75, 3.05) is 17.6 Å². The lowest BCUT2D eigenvalue weighted by atomic mass is 10.1. The Bertz CT molecular complexity index is 589. The van der Waals surface area contributed by atoms with Gasteiger partial charge in [-0.05, 0) is 18.6 Å². The number of aromatic nitrogens is 2. The summed E-state index contributed by atoms with van der Waals surface area (Å²) in [6.07, 6.45) is 1.01. The molecule has 0 saturated heterocycles. The Morgan fingerprint density at radius 2 is 2.30 bits per heavy atom. The van der Waals surface area contributed by atoms with E-state index in [2.05, 4.69) is 22.4 Å². The monoisotopic (exact) mass is 311 g/mol. The van der Waals surface area contributed by atoms with E-state index in [0.29, 0.717) is 5.56 Å². The lowest BCUT2D eigenvalue weighted by Crippen LogP contribution is -2.02. The minimum absolute atomic E-state index is 0.118. The van der Waals surface area contributed by atoms with Gasteiger partial charge in [-0.15, -0.1) is 10.2 Å². The molecule has 1 aromatic heterocycles. The average Bonchev–Trinajstić information content (AvgIpc) is 2.90. The van der Waals surface area contributed by atoms with Crippen molar-refractivity contribution in [3.8, 4) is 0 Å². The first kappa shape index (κ1) is 14.9. The van der Waals surface area contributed by atoms with Crippen molar-refractivity contribution in [2.45, 2.75) is 17.7 Å². The van der Waals surface area contributed by atoms with Gasteiger partial charge < -0.3 is 5.32 Å². The molecule has 0 atom stereocenters. The van der Waals surface area contributed by atoms with Gasteiger partial charge in [0.2, 0.25) is 5.13 Å². The number of rotatable bonds is 7. The fourth-order valence-electron chi connectivity index (χ4n) is 1.44. The van der Waals surface area contributed by atoms with Crippen LogP contribution in [0.5, 0.6) is 0 Å². The molecule has 0 unspecified atom stereocenters. The summed E-state index contributed by atoms with van der Waals surface area (Å²) in [5.74, 6) is -0.290. The standard InChI is InChI=1S/C13H14FN3OS2/c1-2-6-15-12-16-17-13(20-12)19-8-11(18)9-4-3-5-10(14)7-9/h3-5,7H,2,6,8H2,1H3,(H,15,16). The SMILES string of the molecule is CCCNc1nnc(SCC(=O)c2cccc(F)c2)s1. The molecule has 0 aliphatic carbocycles. The Morgan fingerprint density at radius 3 is 3.05 bits per heavy atom. The minimum Gasteiger partial charge on any atom is -0.360 e. The van der Waals surface area contributed by atoms with E-state index in [4.69, 9.17) is 0 Å². The van der Waals surface area contributed by atoms with E-state index in [1.165, 1.54) is 41.3 Å². The highest BCUT2D eigenvalue weighted by atomic mass is 32.2. The highest BCUT2D eigenvalue weighted by Crippen LogP contribution is 2.26. The third-order valence-corrected chi connectivity index (χ3v) is 4.42. The molecule has 2 aromatic rings. The number of nitrogens with zero attached hydrogens (tertiary/aromatic N) is 2. The maximum Gasteiger partial charge on any atom is 0.206 e. The van der Waals surface area contributed by atoms with Gasteiger partial charge in [0.25, 0.3) is 0 Å². The molecule has 1 aromatic carbocycles. The van der Waals surface area contributed by atoms with E-state index in [0.717, 1.165) is 22.4 Å². The minimum atomic E-state index is -0.400. The van der Waals surface area contributed by atoms with Crippen LogP contribution in [0.2, 0.25) is 0 Å². The summed E-state index contributed by atoms with van der Waals surface area (Å²) in [5, 5.41) is 11.9. The third-order valence-electron chi connectivity index (χ3n) is 2.41. The van der Waals surface area contributed by atoms with Crippen LogP contribution in [0.15, 0.2) is 28.6 Å². The predicted molar refractivity (Wildman–Crippen MR) is 80.1 cm³/mol. The number of ketones is 1. The van der Waals surface area contributed by atoms with E-state index in [1.807, 2.05) is 0 Å². The number of Topliss-reactive ketones (excluding diaryl/α,β-unsaturated/α-hetero) is 1. The molecule has 0 saturated carbocycles. The van der Waals surface area contributed by atoms with E-state index in [-0.39, 0.29) is 11.5 Å². The van der Waals surface area contributed by atoms with Gasteiger partial charge in [0.05, 0.1) is 5.75 Å². The summed E-state index contributed by atoms with van der Waals surface area (Å²) >= 11 is 2.73. The molecule has 20 heavy (non-hydrogen) atoms. The first-order chi connectivity index (χ1) is 9.69. The fourth-order valence-corrected chi connectivity index (χ4v) is 3.12. The predicted octanol–water partition coefficient (Wildman–Crippen LogP) is 3.47. The van der Waals surface area contributed by atoms with Crippen molar-refractivity contribution in [3.63, 3.8) is 0 Å². The number of thioether (sulfide) groups is 1. The molecule has 0 radical (unpaired) electrons. The number of hydrogen-bond donors (Lipinski definition) is 1. The quantitative estimate of drug-likeness (QED) is 0.627. The first-order valence-electron chi connectivity index (χ1n) is 6.18. The third kappa shape index (κ3) is 4.28. The van der Waals surface area contributed by atoms with Crippen molar-refractivity contribution < 1.29 is 9.18 Å². The lowest BCUT2D eigenvalue weighted by Gasteiger charge is -1.99. The van der Waals surface area contributed by atoms with Crippen LogP contribution in [-0.2, 0) is 0 Å². The smallest absolute Gasteiger partial charge is 0.206 e. The van der Waals surface area contributed by atoms with Crippen LogP contribution in [0.4, 0.5) is 9.52 Å². The van der Waals surface area contributed by atoms with Gasteiger partial charge in [0.15, 0.2) is 10.1 Å². The zero-order valence-corrected chi connectivity index (χ0v) is 12.6. The molecular formula is C13H14FN3OS2. The molecule has 4 nitrogen and oxygen atoms in total. The van der Waals surface area contributed by atoms with E-state index in [9.17, 15) is 9.18 Å². The molecule has 1 N–H and O–H groups in total. The fraction of sp³-hybridized carbons (Fsp3) is 0.308. The van der Waals surface area contributed by atoms with Crippen LogP contribution in [0.25, 0.3) is 0 Å². The van der Waals surface area contributed by atoms with Gasteiger partial charge in [-0.25, -0.2) is 4.39 Å². The summed E-state index contributed by atoms with van der Waals surface area (Å²) in [6, 6.07) is 5.71. The normalized spacial score (nSPS) is 10.5. The zero-order chi connectivity index (χ0) is 14.4. The molecule has 7 heteroatoms. The molecular weight excluding hydrogens is 297 g/mol. The van der Waals surface area contributed by atoms with Crippen molar-refractivity contribution >= 4 is 34.0 Å². The Labute approximate surface area is 124 Å². The number of benzene rings is 1. The molecule has 0 amide bonds. The molecule has 1 heterocycles. The summed E-state index contributed by atoms with van der Waals surface area (Å²) in [4.78, 5) is 11.9. The highest BCUT2D eigenvalue weighted by Gasteiger charge is 2.10. The number of carbonyl (C=O) groups excluding carboxylic acids is 1. The van der Waals surface area contributed by atoms with Crippen LogP contribution < -0.4 is 5.32 Å². The molecule has 0 spiro atoms.